The lowest BCUT2D eigenvalue weighted by Crippen LogP contribution is -2.05. The van der Waals surface area contributed by atoms with Gasteiger partial charge in [-0.15, -0.1) is 0 Å². The number of anilines is 1. The van der Waals surface area contributed by atoms with Crippen molar-refractivity contribution in [1.29, 1.82) is 0 Å². The van der Waals surface area contributed by atoms with Crippen molar-refractivity contribution >= 4 is 28.9 Å². The van der Waals surface area contributed by atoms with Crippen LogP contribution in [0.2, 0.25) is 10.0 Å². The topological polar surface area (TPSA) is 30.5 Å². The van der Waals surface area contributed by atoms with Crippen LogP contribution >= 0.6 is 23.2 Å². The molecule has 0 atom stereocenters. The normalized spacial score (nSPS) is 10.4. The lowest BCUT2D eigenvalue weighted by Gasteiger charge is -2.17. The predicted octanol–water partition coefficient (Wildman–Crippen LogP) is 6.19. The summed E-state index contributed by atoms with van der Waals surface area (Å²) in [6.45, 7) is 0.865. The highest BCUT2D eigenvalue weighted by Crippen LogP contribution is 2.34. The van der Waals surface area contributed by atoms with E-state index in [1.54, 1.807) is 19.2 Å². The van der Waals surface area contributed by atoms with Crippen molar-refractivity contribution in [2.45, 2.75) is 13.2 Å². The van der Waals surface area contributed by atoms with E-state index >= 15 is 0 Å². The van der Waals surface area contributed by atoms with E-state index in [9.17, 15) is 0 Å². The average molecular weight is 388 g/mol. The predicted molar refractivity (Wildman–Crippen MR) is 108 cm³/mol. The Morgan fingerprint density at radius 2 is 1.54 bits per heavy atom. The second-order valence-corrected chi connectivity index (χ2v) is 6.47. The van der Waals surface area contributed by atoms with Gasteiger partial charge in [-0.2, -0.15) is 0 Å². The Balaban J connectivity index is 1.80. The SMILES string of the molecule is COc1cccc(CNc2ccccc2)c1OCc1c(Cl)cccc1Cl. The fraction of sp³-hybridized carbons (Fsp3) is 0.143. The van der Waals surface area contributed by atoms with Crippen LogP contribution in [0.4, 0.5) is 5.69 Å². The van der Waals surface area contributed by atoms with Crippen molar-refractivity contribution in [1.82, 2.24) is 0 Å². The Labute approximate surface area is 163 Å². The Morgan fingerprint density at radius 3 is 2.23 bits per heavy atom. The molecule has 0 aliphatic carbocycles. The highest BCUT2D eigenvalue weighted by molar-refractivity contribution is 6.35. The number of ether oxygens (including phenoxy) is 2. The maximum absolute atomic E-state index is 6.24. The van der Waals surface area contributed by atoms with Gasteiger partial charge < -0.3 is 14.8 Å². The van der Waals surface area contributed by atoms with Crippen LogP contribution in [0, 0.1) is 0 Å². The third-order valence-electron chi connectivity index (χ3n) is 3.96. The summed E-state index contributed by atoms with van der Waals surface area (Å²) in [6.07, 6.45) is 0. The molecule has 5 heteroatoms. The van der Waals surface area contributed by atoms with E-state index in [-0.39, 0.29) is 6.61 Å². The standard InChI is InChI=1S/C21H19Cl2NO2/c1-25-20-12-5-7-15(13-24-16-8-3-2-4-9-16)21(20)26-14-17-18(22)10-6-11-19(17)23/h2-12,24H,13-14H2,1H3. The van der Waals surface area contributed by atoms with Gasteiger partial charge in [0.2, 0.25) is 0 Å². The number of para-hydroxylation sites is 2. The maximum atomic E-state index is 6.24. The molecule has 3 nitrogen and oxygen atoms in total. The molecule has 3 aromatic rings. The van der Waals surface area contributed by atoms with Gasteiger partial charge in [-0.05, 0) is 30.3 Å². The largest absolute Gasteiger partial charge is 0.493 e. The smallest absolute Gasteiger partial charge is 0.166 e. The minimum absolute atomic E-state index is 0.261. The summed E-state index contributed by atoms with van der Waals surface area (Å²) in [6, 6.07) is 21.2. The quantitative estimate of drug-likeness (QED) is 0.523. The van der Waals surface area contributed by atoms with Crippen molar-refractivity contribution in [2.24, 2.45) is 0 Å². The minimum Gasteiger partial charge on any atom is -0.493 e. The van der Waals surface area contributed by atoms with Crippen molar-refractivity contribution in [3.8, 4) is 11.5 Å². The van der Waals surface area contributed by atoms with Gasteiger partial charge in [0.05, 0.1) is 7.11 Å². The average Bonchev–Trinajstić information content (AvgIpc) is 2.67. The van der Waals surface area contributed by atoms with Crippen LogP contribution in [0.5, 0.6) is 11.5 Å². The molecule has 0 radical (unpaired) electrons. The summed E-state index contributed by atoms with van der Waals surface area (Å²) >= 11 is 12.5. The lowest BCUT2D eigenvalue weighted by atomic mass is 10.1. The summed E-state index contributed by atoms with van der Waals surface area (Å²) in [5.74, 6) is 1.34. The van der Waals surface area contributed by atoms with E-state index < -0.39 is 0 Å². The molecule has 0 fully saturated rings. The van der Waals surface area contributed by atoms with Crippen LogP contribution < -0.4 is 14.8 Å². The zero-order valence-electron chi connectivity index (χ0n) is 14.3. The first-order valence-corrected chi connectivity index (χ1v) is 8.95. The molecule has 0 aliphatic heterocycles. The van der Waals surface area contributed by atoms with Crippen LogP contribution in [-0.2, 0) is 13.2 Å². The van der Waals surface area contributed by atoms with Gasteiger partial charge in [-0.1, -0.05) is 59.6 Å². The molecule has 0 spiro atoms. The number of rotatable bonds is 7. The number of halogens is 2. The fourth-order valence-corrected chi connectivity index (χ4v) is 3.10. The number of nitrogens with one attached hydrogen (secondary N) is 1. The van der Waals surface area contributed by atoms with Crippen LogP contribution in [0.1, 0.15) is 11.1 Å². The Hall–Kier alpha value is -2.36. The molecule has 0 unspecified atom stereocenters. The summed E-state index contributed by atoms with van der Waals surface area (Å²) in [5, 5.41) is 4.55. The van der Waals surface area contributed by atoms with Gasteiger partial charge in [0.25, 0.3) is 0 Å². The Kier molecular flexibility index (Phi) is 6.26. The zero-order chi connectivity index (χ0) is 18.4. The number of hydrogen-bond donors (Lipinski definition) is 1. The summed E-state index contributed by atoms with van der Waals surface area (Å²) < 4.78 is 11.5. The molecule has 134 valence electrons. The lowest BCUT2D eigenvalue weighted by molar-refractivity contribution is 0.282. The molecule has 0 saturated carbocycles. The first-order valence-electron chi connectivity index (χ1n) is 8.19. The van der Waals surface area contributed by atoms with Crippen LogP contribution in [0.15, 0.2) is 66.7 Å². The van der Waals surface area contributed by atoms with Crippen LogP contribution in [0.3, 0.4) is 0 Å². The zero-order valence-corrected chi connectivity index (χ0v) is 15.8. The molecular formula is C21H19Cl2NO2. The fourth-order valence-electron chi connectivity index (χ4n) is 2.59. The summed E-state index contributed by atoms with van der Waals surface area (Å²) in [7, 11) is 1.62. The second kappa shape index (κ2) is 8.84. The van der Waals surface area contributed by atoms with E-state index in [0.29, 0.717) is 28.1 Å². The number of hydrogen-bond acceptors (Lipinski definition) is 3. The summed E-state index contributed by atoms with van der Waals surface area (Å²) in [5.41, 5.74) is 2.77. The highest BCUT2D eigenvalue weighted by Gasteiger charge is 2.13. The van der Waals surface area contributed by atoms with E-state index in [1.165, 1.54) is 0 Å². The van der Waals surface area contributed by atoms with Crippen LogP contribution in [0.25, 0.3) is 0 Å². The maximum Gasteiger partial charge on any atom is 0.166 e. The highest BCUT2D eigenvalue weighted by atomic mass is 35.5. The van der Waals surface area contributed by atoms with Crippen molar-refractivity contribution < 1.29 is 9.47 Å². The van der Waals surface area contributed by atoms with Gasteiger partial charge in [0.1, 0.15) is 6.61 Å². The van der Waals surface area contributed by atoms with Crippen molar-refractivity contribution in [2.75, 3.05) is 12.4 Å². The monoisotopic (exact) mass is 387 g/mol. The molecule has 3 aromatic carbocycles. The molecule has 1 N–H and O–H groups in total. The molecule has 3 rings (SSSR count). The van der Waals surface area contributed by atoms with E-state index in [4.69, 9.17) is 32.7 Å². The molecule has 0 aromatic heterocycles. The summed E-state index contributed by atoms with van der Waals surface area (Å²) in [4.78, 5) is 0. The Bertz CT molecular complexity index is 849. The van der Waals surface area contributed by atoms with Gasteiger partial charge in [0.15, 0.2) is 11.5 Å². The third-order valence-corrected chi connectivity index (χ3v) is 4.67. The Morgan fingerprint density at radius 1 is 0.846 bits per heavy atom. The van der Waals surface area contributed by atoms with Crippen LogP contribution in [-0.4, -0.2) is 7.11 Å². The van der Waals surface area contributed by atoms with Gasteiger partial charge >= 0.3 is 0 Å². The first kappa shape index (κ1) is 18.4. The molecule has 0 aliphatic rings. The van der Waals surface area contributed by atoms with Crippen molar-refractivity contribution in [3.05, 3.63) is 87.9 Å². The molecular weight excluding hydrogens is 369 g/mol. The number of benzene rings is 3. The number of methoxy groups -OCH3 is 1. The van der Waals surface area contributed by atoms with E-state index in [1.807, 2.05) is 54.6 Å². The molecule has 0 bridgehead atoms. The molecule has 26 heavy (non-hydrogen) atoms. The van der Waals surface area contributed by atoms with Gasteiger partial charge in [0, 0.05) is 33.4 Å². The van der Waals surface area contributed by atoms with E-state index in [0.717, 1.165) is 16.8 Å². The van der Waals surface area contributed by atoms with Gasteiger partial charge in [-0.25, -0.2) is 0 Å². The molecule has 0 heterocycles. The third kappa shape index (κ3) is 4.43. The van der Waals surface area contributed by atoms with E-state index in [2.05, 4.69) is 5.32 Å². The molecule has 0 amide bonds. The van der Waals surface area contributed by atoms with Crippen molar-refractivity contribution in [3.63, 3.8) is 0 Å². The van der Waals surface area contributed by atoms with Gasteiger partial charge in [-0.3, -0.25) is 0 Å². The molecule has 0 saturated heterocycles. The second-order valence-electron chi connectivity index (χ2n) is 5.66. The minimum atomic E-state index is 0.261. The first-order chi connectivity index (χ1) is 12.7.